The molecule has 1 atom stereocenters. The van der Waals surface area contributed by atoms with E-state index < -0.39 is 5.97 Å². The number of ether oxygens (including phenoxy) is 1. The highest BCUT2D eigenvalue weighted by Crippen LogP contribution is 2.23. The predicted octanol–water partition coefficient (Wildman–Crippen LogP) is -0.465. The Morgan fingerprint density at radius 3 is 2.48 bits per heavy atom. The molecule has 1 unspecified atom stereocenters. The molecule has 0 saturated carbocycles. The molecule has 7 nitrogen and oxygen atoms in total. The highest BCUT2D eigenvalue weighted by Gasteiger charge is 2.46. The molecule has 2 fully saturated rings. The maximum Gasteiger partial charge on any atom is 0.338 e. The first kappa shape index (κ1) is 17.6. The molecule has 1 aromatic rings. The number of benzene rings is 1. The van der Waals surface area contributed by atoms with E-state index in [0.717, 1.165) is 4.90 Å². The van der Waals surface area contributed by atoms with E-state index in [1.807, 2.05) is 0 Å². The standard InChI is InChI=1S/C18H22N2O5/c1-2-25-18(24)12-3-5-13(6-4-12)20-16(22)11-15(17(20)23)19-9-7-14(21)8-10-19/h3-6,14-15,21H,2,7-11H2,1H3/p+1. The van der Waals surface area contributed by atoms with E-state index in [4.69, 9.17) is 4.74 Å². The third-order valence-corrected chi connectivity index (χ3v) is 4.87. The molecule has 7 heteroatoms. The predicted molar refractivity (Wildman–Crippen MR) is 89.2 cm³/mol. The van der Waals surface area contributed by atoms with Crippen LogP contribution in [0.1, 0.15) is 36.5 Å². The first-order chi connectivity index (χ1) is 12.0. The molecule has 2 saturated heterocycles. The molecule has 0 aromatic heterocycles. The van der Waals surface area contributed by atoms with Crippen molar-refractivity contribution in [3.8, 4) is 0 Å². The summed E-state index contributed by atoms with van der Waals surface area (Å²) < 4.78 is 4.93. The minimum atomic E-state index is -0.428. The fourth-order valence-corrected chi connectivity index (χ4v) is 3.50. The van der Waals surface area contributed by atoms with Gasteiger partial charge in [0.05, 0.1) is 43.5 Å². The Morgan fingerprint density at radius 1 is 1.24 bits per heavy atom. The number of hydrogen-bond acceptors (Lipinski definition) is 5. The minimum Gasteiger partial charge on any atom is -0.462 e. The summed E-state index contributed by atoms with van der Waals surface area (Å²) in [5.74, 6) is -0.861. The summed E-state index contributed by atoms with van der Waals surface area (Å²) >= 11 is 0. The summed E-state index contributed by atoms with van der Waals surface area (Å²) in [6, 6.07) is 5.93. The van der Waals surface area contributed by atoms with Crippen LogP contribution in [0.25, 0.3) is 0 Å². The molecule has 134 valence electrons. The smallest absolute Gasteiger partial charge is 0.338 e. The number of esters is 1. The molecular weight excluding hydrogens is 324 g/mol. The average Bonchev–Trinajstić information content (AvgIpc) is 2.90. The van der Waals surface area contributed by atoms with Crippen LogP contribution in [0.4, 0.5) is 5.69 Å². The van der Waals surface area contributed by atoms with Gasteiger partial charge < -0.3 is 14.7 Å². The van der Waals surface area contributed by atoms with Crippen LogP contribution in [-0.2, 0) is 14.3 Å². The monoisotopic (exact) mass is 347 g/mol. The van der Waals surface area contributed by atoms with Gasteiger partial charge in [0.15, 0.2) is 6.04 Å². The second-order valence-electron chi connectivity index (χ2n) is 6.48. The number of imide groups is 1. The molecule has 3 rings (SSSR count). The van der Waals surface area contributed by atoms with Crippen molar-refractivity contribution in [3.05, 3.63) is 29.8 Å². The number of anilines is 1. The van der Waals surface area contributed by atoms with Crippen molar-refractivity contribution < 1.29 is 29.1 Å². The number of hydrogen-bond donors (Lipinski definition) is 2. The molecule has 25 heavy (non-hydrogen) atoms. The zero-order valence-electron chi connectivity index (χ0n) is 14.2. The lowest BCUT2D eigenvalue weighted by Crippen LogP contribution is -3.17. The lowest BCUT2D eigenvalue weighted by atomic mass is 10.1. The van der Waals surface area contributed by atoms with Crippen LogP contribution in [0, 0.1) is 0 Å². The maximum atomic E-state index is 12.7. The topological polar surface area (TPSA) is 88.3 Å². The van der Waals surface area contributed by atoms with Gasteiger partial charge in [0.25, 0.3) is 5.91 Å². The minimum absolute atomic E-state index is 0.184. The van der Waals surface area contributed by atoms with Crippen LogP contribution < -0.4 is 9.80 Å². The number of piperidine rings is 1. The van der Waals surface area contributed by atoms with Crippen LogP contribution >= 0.6 is 0 Å². The molecule has 2 amide bonds. The molecule has 0 bridgehead atoms. The normalized spacial score (nSPS) is 26.8. The Labute approximate surface area is 146 Å². The Hall–Kier alpha value is -2.25. The first-order valence-corrected chi connectivity index (χ1v) is 8.68. The van der Waals surface area contributed by atoms with Gasteiger partial charge in [-0.25, -0.2) is 9.69 Å². The van der Waals surface area contributed by atoms with Crippen molar-refractivity contribution in [1.29, 1.82) is 0 Å². The molecule has 2 aliphatic heterocycles. The van der Waals surface area contributed by atoms with Gasteiger partial charge in [-0.05, 0) is 31.2 Å². The number of quaternary nitrogens is 1. The summed E-state index contributed by atoms with van der Waals surface area (Å²) in [5, 5.41) is 9.61. The Kier molecular flexibility index (Phi) is 5.15. The second-order valence-corrected chi connectivity index (χ2v) is 6.48. The lowest BCUT2D eigenvalue weighted by Gasteiger charge is -2.29. The van der Waals surface area contributed by atoms with Gasteiger partial charge in [0.2, 0.25) is 5.91 Å². The third kappa shape index (κ3) is 3.57. The van der Waals surface area contributed by atoms with Gasteiger partial charge in [-0.15, -0.1) is 0 Å². The van der Waals surface area contributed by atoms with Crippen molar-refractivity contribution in [2.24, 2.45) is 0 Å². The van der Waals surface area contributed by atoms with Crippen molar-refractivity contribution in [2.75, 3.05) is 24.6 Å². The molecule has 1 aromatic carbocycles. The molecule has 2 aliphatic rings. The van der Waals surface area contributed by atoms with Gasteiger partial charge in [-0.1, -0.05) is 0 Å². The van der Waals surface area contributed by atoms with Gasteiger partial charge in [-0.2, -0.15) is 0 Å². The van der Waals surface area contributed by atoms with Gasteiger partial charge in [-0.3, -0.25) is 9.59 Å². The Balaban J connectivity index is 1.73. The van der Waals surface area contributed by atoms with Crippen molar-refractivity contribution in [1.82, 2.24) is 0 Å². The van der Waals surface area contributed by atoms with Crippen LogP contribution in [0.3, 0.4) is 0 Å². The Morgan fingerprint density at radius 2 is 1.88 bits per heavy atom. The maximum absolute atomic E-state index is 12.7. The lowest BCUT2D eigenvalue weighted by molar-refractivity contribution is -0.920. The van der Waals surface area contributed by atoms with Crippen LogP contribution in [-0.4, -0.2) is 54.7 Å². The summed E-state index contributed by atoms with van der Waals surface area (Å²) in [5.41, 5.74) is 0.860. The number of amides is 2. The number of aliphatic hydroxyl groups excluding tert-OH is 1. The molecule has 0 radical (unpaired) electrons. The number of nitrogens with one attached hydrogen (secondary N) is 1. The molecule has 0 spiro atoms. The molecule has 0 aliphatic carbocycles. The summed E-state index contributed by atoms with van der Waals surface area (Å²) in [6.07, 6.45) is 1.19. The highest BCUT2D eigenvalue weighted by molar-refractivity contribution is 6.21. The first-order valence-electron chi connectivity index (χ1n) is 8.68. The van der Waals surface area contributed by atoms with E-state index >= 15 is 0 Å². The number of likely N-dealkylation sites (tertiary alicyclic amines) is 1. The zero-order valence-corrected chi connectivity index (χ0v) is 14.2. The van der Waals surface area contributed by atoms with Crippen LogP contribution in [0.5, 0.6) is 0 Å². The quantitative estimate of drug-likeness (QED) is 0.568. The summed E-state index contributed by atoms with van der Waals surface area (Å²) in [6.45, 7) is 3.41. The van der Waals surface area contributed by atoms with Gasteiger partial charge >= 0.3 is 5.97 Å². The molecule has 2 heterocycles. The highest BCUT2D eigenvalue weighted by atomic mass is 16.5. The fraction of sp³-hybridized carbons (Fsp3) is 0.500. The Bertz CT molecular complexity index is 665. The van der Waals surface area contributed by atoms with E-state index in [-0.39, 0.29) is 30.4 Å². The number of aliphatic hydroxyl groups is 1. The van der Waals surface area contributed by atoms with E-state index in [2.05, 4.69) is 0 Å². The van der Waals surface area contributed by atoms with E-state index in [1.54, 1.807) is 31.2 Å². The average molecular weight is 347 g/mol. The second kappa shape index (κ2) is 7.33. The number of carbonyl (C=O) groups excluding carboxylic acids is 3. The summed E-state index contributed by atoms with van der Waals surface area (Å²) in [7, 11) is 0. The molecular formula is C18H23N2O5+. The van der Waals surface area contributed by atoms with Crippen LogP contribution in [0.15, 0.2) is 24.3 Å². The summed E-state index contributed by atoms with van der Waals surface area (Å²) in [4.78, 5) is 39.1. The number of rotatable bonds is 4. The van der Waals surface area contributed by atoms with E-state index in [9.17, 15) is 19.5 Å². The van der Waals surface area contributed by atoms with Gasteiger partial charge in [0.1, 0.15) is 0 Å². The fourth-order valence-electron chi connectivity index (χ4n) is 3.50. The number of carbonyl (C=O) groups is 3. The van der Waals surface area contributed by atoms with Crippen molar-refractivity contribution >= 4 is 23.5 Å². The van der Waals surface area contributed by atoms with E-state index in [1.165, 1.54) is 4.90 Å². The van der Waals surface area contributed by atoms with Gasteiger partial charge in [0, 0.05) is 12.8 Å². The van der Waals surface area contributed by atoms with Crippen molar-refractivity contribution in [3.63, 3.8) is 0 Å². The number of nitrogens with zero attached hydrogens (tertiary/aromatic N) is 1. The van der Waals surface area contributed by atoms with Crippen LogP contribution in [0.2, 0.25) is 0 Å². The van der Waals surface area contributed by atoms with Crippen molar-refractivity contribution in [2.45, 2.75) is 38.3 Å². The molecule has 2 N–H and O–H groups in total. The zero-order chi connectivity index (χ0) is 18.0. The third-order valence-electron chi connectivity index (χ3n) is 4.87. The largest absolute Gasteiger partial charge is 0.462 e. The van der Waals surface area contributed by atoms with E-state index in [0.29, 0.717) is 43.8 Å². The SMILES string of the molecule is CCOC(=O)c1ccc(N2C(=O)CC([NH+]3CCC(O)CC3)C2=O)cc1.